The zero-order chi connectivity index (χ0) is 24.7. The molecule has 0 aliphatic rings. The summed E-state index contributed by atoms with van der Waals surface area (Å²) in [5.41, 5.74) is 4.37. The number of rotatable bonds is 9. The summed E-state index contributed by atoms with van der Waals surface area (Å²) in [6, 6.07) is 33.6. The molecule has 0 saturated heterocycles. The fourth-order valence-electron chi connectivity index (χ4n) is 4.36. The Balaban J connectivity index is 1.35. The first-order chi connectivity index (χ1) is 17.7. The van der Waals surface area contributed by atoms with Crippen LogP contribution in [0.3, 0.4) is 0 Å². The molecule has 5 rings (SSSR count). The van der Waals surface area contributed by atoms with Gasteiger partial charge in [-0.2, -0.15) is 5.26 Å². The van der Waals surface area contributed by atoms with E-state index in [-0.39, 0.29) is 0 Å². The van der Waals surface area contributed by atoms with Crippen LogP contribution in [0.5, 0.6) is 0 Å². The number of benzene rings is 4. The maximum absolute atomic E-state index is 9.07. The lowest BCUT2D eigenvalue weighted by Gasteiger charge is -2.23. The summed E-state index contributed by atoms with van der Waals surface area (Å²) >= 11 is 3.53. The standard InChI is InChI=1S/C30H26BrN5/c31-29-13-10-23(11-14-29)15-16-35(19-26-9-12-27-3-1-2-4-28(27)17-26)21-30-34-33-22-36(30)20-25-7-5-24(18-32)6-8-25/h1-14,17,22H,15-16,19-21H2. The number of hydrogen-bond acceptors (Lipinski definition) is 4. The molecule has 178 valence electrons. The highest BCUT2D eigenvalue weighted by molar-refractivity contribution is 9.10. The van der Waals surface area contributed by atoms with Gasteiger partial charge in [0.25, 0.3) is 0 Å². The summed E-state index contributed by atoms with van der Waals surface area (Å²) in [6.45, 7) is 3.09. The second-order valence-electron chi connectivity index (χ2n) is 8.95. The van der Waals surface area contributed by atoms with Crippen molar-refractivity contribution < 1.29 is 0 Å². The van der Waals surface area contributed by atoms with Gasteiger partial charge in [0, 0.05) is 17.6 Å². The van der Waals surface area contributed by atoms with E-state index in [1.54, 1.807) is 6.33 Å². The van der Waals surface area contributed by atoms with E-state index in [4.69, 9.17) is 5.26 Å². The zero-order valence-corrected chi connectivity index (χ0v) is 21.5. The van der Waals surface area contributed by atoms with Crippen molar-refractivity contribution in [1.29, 1.82) is 5.26 Å². The number of halogens is 1. The molecule has 0 unspecified atom stereocenters. The smallest absolute Gasteiger partial charge is 0.147 e. The van der Waals surface area contributed by atoms with Crippen molar-refractivity contribution in [3.05, 3.63) is 130 Å². The van der Waals surface area contributed by atoms with E-state index in [2.05, 4.69) is 108 Å². The highest BCUT2D eigenvalue weighted by Gasteiger charge is 2.13. The zero-order valence-electron chi connectivity index (χ0n) is 19.9. The van der Waals surface area contributed by atoms with E-state index in [0.717, 1.165) is 35.4 Å². The van der Waals surface area contributed by atoms with Crippen LogP contribution in [0.1, 0.15) is 28.1 Å². The van der Waals surface area contributed by atoms with Crippen LogP contribution in [0, 0.1) is 11.3 Å². The minimum absolute atomic E-state index is 0.664. The van der Waals surface area contributed by atoms with E-state index < -0.39 is 0 Å². The van der Waals surface area contributed by atoms with Gasteiger partial charge in [0.1, 0.15) is 12.2 Å². The molecule has 0 fully saturated rings. The van der Waals surface area contributed by atoms with Gasteiger partial charge in [-0.3, -0.25) is 4.90 Å². The third-order valence-electron chi connectivity index (χ3n) is 6.35. The Hall–Kier alpha value is -3.79. The lowest BCUT2D eigenvalue weighted by Crippen LogP contribution is -2.27. The lowest BCUT2D eigenvalue weighted by atomic mass is 10.1. The van der Waals surface area contributed by atoms with Crippen LogP contribution >= 0.6 is 15.9 Å². The van der Waals surface area contributed by atoms with Crippen molar-refractivity contribution in [2.45, 2.75) is 26.1 Å². The molecular formula is C30H26BrN5. The highest BCUT2D eigenvalue weighted by Crippen LogP contribution is 2.19. The van der Waals surface area contributed by atoms with Crippen molar-refractivity contribution in [2.24, 2.45) is 0 Å². The third-order valence-corrected chi connectivity index (χ3v) is 6.88. The second-order valence-corrected chi connectivity index (χ2v) is 9.87. The van der Waals surface area contributed by atoms with Crippen LogP contribution in [0.4, 0.5) is 0 Å². The Morgan fingerprint density at radius 2 is 1.53 bits per heavy atom. The molecule has 1 aromatic heterocycles. The summed E-state index contributed by atoms with van der Waals surface area (Å²) in [4.78, 5) is 2.44. The summed E-state index contributed by atoms with van der Waals surface area (Å²) in [5.74, 6) is 0.927. The van der Waals surface area contributed by atoms with E-state index in [9.17, 15) is 0 Å². The van der Waals surface area contributed by atoms with Crippen molar-refractivity contribution in [1.82, 2.24) is 19.7 Å². The Kier molecular flexibility index (Phi) is 7.51. The van der Waals surface area contributed by atoms with E-state index >= 15 is 0 Å². The quantitative estimate of drug-likeness (QED) is 0.220. The Labute approximate surface area is 219 Å². The number of nitriles is 1. The Bertz CT molecular complexity index is 1480. The lowest BCUT2D eigenvalue weighted by molar-refractivity contribution is 0.250. The maximum Gasteiger partial charge on any atom is 0.147 e. The largest absolute Gasteiger partial charge is 0.312 e. The van der Waals surface area contributed by atoms with Gasteiger partial charge in [0.2, 0.25) is 0 Å². The van der Waals surface area contributed by atoms with Gasteiger partial charge in [-0.1, -0.05) is 76.6 Å². The summed E-state index contributed by atoms with van der Waals surface area (Å²) in [5, 5.41) is 20.2. The third kappa shape index (κ3) is 6.06. The average Bonchev–Trinajstić information content (AvgIpc) is 3.34. The van der Waals surface area contributed by atoms with E-state index in [1.807, 2.05) is 24.3 Å². The minimum atomic E-state index is 0.664. The van der Waals surface area contributed by atoms with E-state index in [1.165, 1.54) is 21.9 Å². The summed E-state index contributed by atoms with van der Waals surface area (Å²) in [6.07, 6.45) is 2.74. The van der Waals surface area contributed by atoms with Gasteiger partial charge in [0.15, 0.2) is 0 Å². The monoisotopic (exact) mass is 535 g/mol. The molecule has 0 bridgehead atoms. The molecule has 36 heavy (non-hydrogen) atoms. The SMILES string of the molecule is N#Cc1ccc(Cn2cnnc2CN(CCc2ccc(Br)cc2)Cc2ccc3ccccc3c2)cc1. The minimum Gasteiger partial charge on any atom is -0.312 e. The van der Waals surface area contributed by atoms with Crippen molar-refractivity contribution in [3.8, 4) is 6.07 Å². The molecule has 0 radical (unpaired) electrons. The number of aromatic nitrogens is 3. The van der Waals surface area contributed by atoms with Crippen LogP contribution in [0.25, 0.3) is 10.8 Å². The average molecular weight is 536 g/mol. The number of hydrogen-bond donors (Lipinski definition) is 0. The van der Waals surface area contributed by atoms with Crippen LogP contribution in [-0.4, -0.2) is 26.2 Å². The predicted octanol–water partition coefficient (Wildman–Crippen LogP) is 6.36. The van der Waals surface area contributed by atoms with Gasteiger partial charge in [0.05, 0.1) is 24.7 Å². The van der Waals surface area contributed by atoms with Crippen molar-refractivity contribution in [3.63, 3.8) is 0 Å². The molecule has 6 heteroatoms. The molecule has 0 saturated carbocycles. The van der Waals surface area contributed by atoms with Gasteiger partial charge in [-0.05, 0) is 64.2 Å². The molecular weight excluding hydrogens is 510 g/mol. The van der Waals surface area contributed by atoms with Crippen molar-refractivity contribution in [2.75, 3.05) is 6.54 Å². The topological polar surface area (TPSA) is 57.7 Å². The maximum atomic E-state index is 9.07. The Morgan fingerprint density at radius 3 is 2.31 bits per heavy atom. The first kappa shape index (κ1) is 23.9. The highest BCUT2D eigenvalue weighted by atomic mass is 79.9. The molecule has 0 aliphatic heterocycles. The molecule has 1 heterocycles. The van der Waals surface area contributed by atoms with Gasteiger partial charge in [-0.25, -0.2) is 0 Å². The first-order valence-corrected chi connectivity index (χ1v) is 12.8. The number of fused-ring (bicyclic) bond motifs is 1. The number of nitrogens with zero attached hydrogens (tertiary/aromatic N) is 5. The summed E-state index contributed by atoms with van der Waals surface area (Å²) < 4.78 is 3.18. The van der Waals surface area contributed by atoms with Crippen LogP contribution in [-0.2, 0) is 26.1 Å². The normalized spacial score (nSPS) is 11.1. The fourth-order valence-corrected chi connectivity index (χ4v) is 4.63. The Morgan fingerprint density at radius 1 is 0.806 bits per heavy atom. The molecule has 0 atom stereocenters. The van der Waals surface area contributed by atoms with Gasteiger partial charge >= 0.3 is 0 Å². The van der Waals surface area contributed by atoms with Crippen molar-refractivity contribution >= 4 is 26.7 Å². The molecule has 5 aromatic rings. The van der Waals surface area contributed by atoms with Crippen LogP contribution < -0.4 is 0 Å². The first-order valence-electron chi connectivity index (χ1n) is 12.0. The molecule has 0 amide bonds. The van der Waals surface area contributed by atoms with Gasteiger partial charge < -0.3 is 4.57 Å². The van der Waals surface area contributed by atoms with E-state index in [0.29, 0.717) is 18.7 Å². The molecule has 5 nitrogen and oxygen atoms in total. The molecule has 4 aromatic carbocycles. The molecule has 0 N–H and O–H groups in total. The fraction of sp³-hybridized carbons (Fsp3) is 0.167. The van der Waals surface area contributed by atoms with Crippen LogP contribution in [0.2, 0.25) is 0 Å². The summed E-state index contributed by atoms with van der Waals surface area (Å²) in [7, 11) is 0. The predicted molar refractivity (Wildman–Crippen MR) is 146 cm³/mol. The van der Waals surface area contributed by atoms with Gasteiger partial charge in [-0.15, -0.1) is 10.2 Å². The molecule has 0 spiro atoms. The van der Waals surface area contributed by atoms with Crippen LogP contribution in [0.15, 0.2) is 102 Å². The molecule has 0 aliphatic carbocycles. The second kappa shape index (κ2) is 11.3.